The average molecular weight is 359 g/mol. The first kappa shape index (κ1) is 17.1. The Morgan fingerprint density at radius 3 is 2.59 bits per heavy atom. The molecule has 0 saturated carbocycles. The second-order valence-electron chi connectivity index (χ2n) is 6.63. The van der Waals surface area contributed by atoms with Crippen LogP contribution in [0.2, 0.25) is 0 Å². The van der Waals surface area contributed by atoms with Crippen molar-refractivity contribution in [3.63, 3.8) is 0 Å². The summed E-state index contributed by atoms with van der Waals surface area (Å²) in [4.78, 5) is 26.9. The minimum atomic E-state index is -0.528. The first-order valence-corrected chi connectivity index (χ1v) is 9.02. The zero-order chi connectivity index (χ0) is 18.8. The summed E-state index contributed by atoms with van der Waals surface area (Å²) in [5.74, 6) is -0.161. The molecule has 3 amide bonds. The largest absolute Gasteiger partial charge is 0.357 e. The molecule has 4 rings (SSSR count). The topological polar surface area (TPSA) is 61.4 Å². The molecule has 27 heavy (non-hydrogen) atoms. The van der Waals surface area contributed by atoms with E-state index in [1.807, 2.05) is 48.5 Å². The third-order valence-electron chi connectivity index (χ3n) is 5.05. The highest BCUT2D eigenvalue weighted by molar-refractivity contribution is 6.02. The Hall–Kier alpha value is -3.34. The van der Waals surface area contributed by atoms with E-state index in [9.17, 15) is 9.59 Å². The predicted octanol–water partition coefficient (Wildman–Crippen LogP) is 3.23. The molecular weight excluding hydrogens is 338 g/mol. The Bertz CT molecular complexity index is 1010. The van der Waals surface area contributed by atoms with E-state index in [0.29, 0.717) is 13.0 Å². The van der Waals surface area contributed by atoms with Crippen molar-refractivity contribution in [1.82, 2.24) is 10.6 Å². The molecule has 136 valence electrons. The van der Waals surface area contributed by atoms with Crippen LogP contribution in [0.15, 0.2) is 66.7 Å². The number of carbonyl (C=O) groups excluding carboxylic acids is 2. The van der Waals surface area contributed by atoms with Gasteiger partial charge in [0.15, 0.2) is 0 Å². The van der Waals surface area contributed by atoms with Crippen molar-refractivity contribution in [2.45, 2.75) is 19.0 Å². The molecule has 0 aliphatic carbocycles. The SMILES string of the molecule is CNC(=O)C1Cc2ccccc2N1C(=O)NCc1cccc2ccccc12. The number of nitrogens with zero attached hydrogens (tertiary/aromatic N) is 1. The van der Waals surface area contributed by atoms with Gasteiger partial charge in [-0.05, 0) is 28.0 Å². The predicted molar refractivity (Wildman–Crippen MR) is 107 cm³/mol. The summed E-state index contributed by atoms with van der Waals surface area (Å²) < 4.78 is 0. The minimum Gasteiger partial charge on any atom is -0.357 e. The average Bonchev–Trinajstić information content (AvgIpc) is 3.11. The van der Waals surface area contributed by atoms with Crippen LogP contribution >= 0.6 is 0 Å². The van der Waals surface area contributed by atoms with Gasteiger partial charge < -0.3 is 10.6 Å². The zero-order valence-corrected chi connectivity index (χ0v) is 15.1. The molecule has 1 atom stereocenters. The molecule has 0 saturated heterocycles. The van der Waals surface area contributed by atoms with Crippen molar-refractivity contribution in [3.8, 4) is 0 Å². The van der Waals surface area contributed by atoms with E-state index in [4.69, 9.17) is 0 Å². The van der Waals surface area contributed by atoms with E-state index < -0.39 is 6.04 Å². The van der Waals surface area contributed by atoms with Gasteiger partial charge in [0.2, 0.25) is 5.91 Å². The van der Waals surface area contributed by atoms with Gasteiger partial charge in [-0.15, -0.1) is 0 Å². The molecule has 1 heterocycles. The van der Waals surface area contributed by atoms with E-state index in [1.54, 1.807) is 11.9 Å². The fourth-order valence-electron chi connectivity index (χ4n) is 3.72. The summed E-state index contributed by atoms with van der Waals surface area (Å²) in [6.07, 6.45) is 0.525. The minimum absolute atomic E-state index is 0.161. The van der Waals surface area contributed by atoms with Gasteiger partial charge in [-0.3, -0.25) is 9.69 Å². The number of para-hydroxylation sites is 1. The number of anilines is 1. The molecule has 0 spiro atoms. The third kappa shape index (κ3) is 3.12. The monoisotopic (exact) mass is 359 g/mol. The van der Waals surface area contributed by atoms with Crippen LogP contribution in [-0.2, 0) is 17.8 Å². The lowest BCUT2D eigenvalue weighted by molar-refractivity contribution is -0.121. The normalized spacial score (nSPS) is 15.4. The molecule has 1 aliphatic rings. The van der Waals surface area contributed by atoms with Gasteiger partial charge in [0, 0.05) is 25.7 Å². The number of fused-ring (bicyclic) bond motifs is 2. The fourth-order valence-corrected chi connectivity index (χ4v) is 3.72. The van der Waals surface area contributed by atoms with Gasteiger partial charge in [0.1, 0.15) is 6.04 Å². The van der Waals surface area contributed by atoms with Crippen LogP contribution in [0.5, 0.6) is 0 Å². The first-order chi connectivity index (χ1) is 13.2. The van der Waals surface area contributed by atoms with Crippen LogP contribution in [0.4, 0.5) is 10.5 Å². The molecule has 0 bridgehead atoms. The number of likely N-dealkylation sites (N-methyl/N-ethyl adjacent to an activating group) is 1. The van der Waals surface area contributed by atoms with Gasteiger partial charge in [-0.2, -0.15) is 0 Å². The fraction of sp³-hybridized carbons (Fsp3) is 0.182. The standard InChI is InChI=1S/C22H21N3O2/c1-23-21(26)20-13-16-8-3-5-12-19(16)25(20)22(27)24-14-17-10-6-9-15-7-2-4-11-18(15)17/h2-12,20H,13-14H2,1H3,(H,23,26)(H,24,27). The molecule has 0 radical (unpaired) electrons. The van der Waals surface area contributed by atoms with Crippen LogP contribution in [-0.4, -0.2) is 25.0 Å². The number of carbonyl (C=O) groups is 2. The van der Waals surface area contributed by atoms with E-state index in [0.717, 1.165) is 27.6 Å². The van der Waals surface area contributed by atoms with Gasteiger partial charge >= 0.3 is 6.03 Å². The molecule has 5 heteroatoms. The maximum absolute atomic E-state index is 13.0. The Morgan fingerprint density at radius 2 is 1.74 bits per heavy atom. The van der Waals surface area contributed by atoms with Crippen LogP contribution < -0.4 is 15.5 Å². The number of rotatable bonds is 3. The molecule has 3 aromatic rings. The van der Waals surface area contributed by atoms with Crippen LogP contribution in [0.25, 0.3) is 10.8 Å². The van der Waals surface area contributed by atoms with Crippen molar-refractivity contribution < 1.29 is 9.59 Å². The van der Waals surface area contributed by atoms with Crippen molar-refractivity contribution in [1.29, 1.82) is 0 Å². The van der Waals surface area contributed by atoms with Gasteiger partial charge in [0.25, 0.3) is 0 Å². The molecular formula is C22H21N3O2. The van der Waals surface area contributed by atoms with E-state index in [-0.39, 0.29) is 11.9 Å². The van der Waals surface area contributed by atoms with Crippen molar-refractivity contribution in [3.05, 3.63) is 77.9 Å². The number of hydrogen-bond donors (Lipinski definition) is 2. The van der Waals surface area contributed by atoms with E-state index in [2.05, 4.69) is 28.8 Å². The maximum Gasteiger partial charge on any atom is 0.322 e. The number of urea groups is 1. The van der Waals surface area contributed by atoms with E-state index in [1.165, 1.54) is 0 Å². The molecule has 5 nitrogen and oxygen atoms in total. The molecule has 1 aliphatic heterocycles. The second kappa shape index (κ2) is 7.11. The molecule has 2 N–H and O–H groups in total. The Balaban J connectivity index is 1.58. The van der Waals surface area contributed by atoms with Gasteiger partial charge in [0.05, 0.1) is 0 Å². The lowest BCUT2D eigenvalue weighted by atomic mass is 10.0. The summed E-state index contributed by atoms with van der Waals surface area (Å²) in [5.41, 5.74) is 2.85. The highest BCUT2D eigenvalue weighted by Gasteiger charge is 2.37. The third-order valence-corrected chi connectivity index (χ3v) is 5.05. The number of hydrogen-bond acceptors (Lipinski definition) is 2. The quantitative estimate of drug-likeness (QED) is 0.754. The van der Waals surface area contributed by atoms with Crippen LogP contribution in [0.3, 0.4) is 0 Å². The highest BCUT2D eigenvalue weighted by atomic mass is 16.2. The summed E-state index contributed by atoms with van der Waals surface area (Å²) in [6, 6.07) is 21.0. The second-order valence-corrected chi connectivity index (χ2v) is 6.63. The van der Waals surface area contributed by atoms with E-state index >= 15 is 0 Å². The number of amides is 3. The Kier molecular flexibility index (Phi) is 4.50. The molecule has 3 aromatic carbocycles. The Morgan fingerprint density at radius 1 is 1.00 bits per heavy atom. The summed E-state index contributed by atoms with van der Waals surface area (Å²) >= 11 is 0. The smallest absolute Gasteiger partial charge is 0.322 e. The maximum atomic E-state index is 13.0. The highest BCUT2D eigenvalue weighted by Crippen LogP contribution is 2.32. The summed E-state index contributed by atoms with van der Waals surface area (Å²) in [5, 5.41) is 7.91. The summed E-state index contributed by atoms with van der Waals surface area (Å²) in [7, 11) is 1.59. The summed E-state index contributed by atoms with van der Waals surface area (Å²) in [6.45, 7) is 0.402. The van der Waals surface area contributed by atoms with Crippen molar-refractivity contribution >= 4 is 28.4 Å². The van der Waals surface area contributed by atoms with Gasteiger partial charge in [-0.1, -0.05) is 60.7 Å². The number of benzene rings is 3. The van der Waals surface area contributed by atoms with Crippen LogP contribution in [0, 0.1) is 0 Å². The lowest BCUT2D eigenvalue weighted by Crippen LogP contribution is -2.50. The van der Waals surface area contributed by atoms with Crippen LogP contribution in [0.1, 0.15) is 11.1 Å². The zero-order valence-electron chi connectivity index (χ0n) is 15.1. The molecule has 1 unspecified atom stereocenters. The Labute approximate surface area is 158 Å². The first-order valence-electron chi connectivity index (χ1n) is 9.02. The molecule has 0 fully saturated rings. The van der Waals surface area contributed by atoms with Crippen molar-refractivity contribution in [2.24, 2.45) is 0 Å². The molecule has 0 aromatic heterocycles. The van der Waals surface area contributed by atoms with Crippen molar-refractivity contribution in [2.75, 3.05) is 11.9 Å². The van der Waals surface area contributed by atoms with Gasteiger partial charge in [-0.25, -0.2) is 4.79 Å². The lowest BCUT2D eigenvalue weighted by Gasteiger charge is -2.24. The number of nitrogens with one attached hydrogen (secondary N) is 2.